The molecule has 6 nitrogen and oxygen atoms in total. The zero-order valence-corrected chi connectivity index (χ0v) is 17.0. The minimum Gasteiger partial charge on any atom is -0.493 e. The second kappa shape index (κ2) is 9.26. The number of carbonyl (C=O) groups excluding carboxylic acids is 2. The van der Waals surface area contributed by atoms with Gasteiger partial charge >= 0.3 is 0 Å². The lowest BCUT2D eigenvalue weighted by molar-refractivity contribution is -0.119. The van der Waals surface area contributed by atoms with Crippen molar-refractivity contribution in [2.24, 2.45) is 5.73 Å². The Labute approximate surface area is 166 Å². The molecule has 3 N–H and O–H groups in total. The first kappa shape index (κ1) is 21.3. The van der Waals surface area contributed by atoms with Gasteiger partial charge in [0.2, 0.25) is 0 Å². The van der Waals surface area contributed by atoms with Gasteiger partial charge in [-0.2, -0.15) is 0 Å². The smallest absolute Gasteiger partial charge is 0.255 e. The van der Waals surface area contributed by atoms with E-state index in [0.717, 1.165) is 16.8 Å². The van der Waals surface area contributed by atoms with E-state index in [-0.39, 0.29) is 24.3 Å². The molecule has 0 radical (unpaired) electrons. The summed E-state index contributed by atoms with van der Waals surface area (Å²) in [4.78, 5) is 23.8. The predicted octanol–water partition coefficient (Wildman–Crippen LogP) is 4.06. The minimum absolute atomic E-state index is 0.241. The van der Waals surface area contributed by atoms with Crippen molar-refractivity contribution in [3.8, 4) is 11.5 Å². The Morgan fingerprint density at radius 3 is 2.11 bits per heavy atom. The van der Waals surface area contributed by atoms with Gasteiger partial charge in [-0.3, -0.25) is 9.59 Å². The summed E-state index contributed by atoms with van der Waals surface area (Å²) in [6, 6.07) is 10.9. The molecule has 0 unspecified atom stereocenters. The minimum atomic E-state index is -0.588. The van der Waals surface area contributed by atoms with Crippen molar-refractivity contribution in [1.29, 1.82) is 0 Å². The van der Waals surface area contributed by atoms with Gasteiger partial charge in [-0.05, 0) is 41.2 Å². The highest BCUT2D eigenvalue weighted by molar-refractivity contribution is 6.05. The topological polar surface area (TPSA) is 90.7 Å². The van der Waals surface area contributed by atoms with Crippen LogP contribution in [0.25, 0.3) is 0 Å². The van der Waals surface area contributed by atoms with Crippen LogP contribution in [0.5, 0.6) is 11.5 Å². The molecule has 150 valence electrons. The van der Waals surface area contributed by atoms with Gasteiger partial charge in [0.15, 0.2) is 18.1 Å². The number of ether oxygens (including phenoxy) is 2. The molecule has 2 amide bonds. The Morgan fingerprint density at radius 2 is 1.61 bits per heavy atom. The third kappa shape index (κ3) is 5.03. The number of anilines is 1. The van der Waals surface area contributed by atoms with Crippen molar-refractivity contribution < 1.29 is 19.1 Å². The maximum atomic E-state index is 12.9. The Hall–Kier alpha value is -3.02. The number of carbonyl (C=O) groups is 2. The highest BCUT2D eigenvalue weighted by Crippen LogP contribution is 2.33. The first-order valence-corrected chi connectivity index (χ1v) is 9.27. The number of methoxy groups -OCH3 is 1. The molecule has 0 atom stereocenters. The van der Waals surface area contributed by atoms with E-state index in [4.69, 9.17) is 15.2 Å². The summed E-state index contributed by atoms with van der Waals surface area (Å²) in [5.74, 6) is 0.421. The summed E-state index contributed by atoms with van der Waals surface area (Å²) in [6.45, 7) is 8.14. The third-order valence-corrected chi connectivity index (χ3v) is 4.41. The van der Waals surface area contributed by atoms with Gasteiger partial charge in [-0.25, -0.2) is 0 Å². The van der Waals surface area contributed by atoms with E-state index in [9.17, 15) is 9.59 Å². The van der Waals surface area contributed by atoms with E-state index in [1.807, 2.05) is 18.2 Å². The van der Waals surface area contributed by atoms with Crippen molar-refractivity contribution in [3.63, 3.8) is 0 Å². The monoisotopic (exact) mass is 384 g/mol. The van der Waals surface area contributed by atoms with Crippen LogP contribution in [0.15, 0.2) is 36.4 Å². The molecule has 0 aromatic heterocycles. The van der Waals surface area contributed by atoms with Crippen LogP contribution in [0, 0.1) is 0 Å². The van der Waals surface area contributed by atoms with Gasteiger partial charge in [0.1, 0.15) is 0 Å². The average Bonchev–Trinajstić information content (AvgIpc) is 2.65. The summed E-state index contributed by atoms with van der Waals surface area (Å²) in [7, 11) is 1.47. The molecule has 0 spiro atoms. The highest BCUT2D eigenvalue weighted by atomic mass is 16.5. The van der Waals surface area contributed by atoms with Crippen molar-refractivity contribution in [2.75, 3.05) is 19.0 Å². The fraction of sp³-hybridized carbons (Fsp3) is 0.364. The van der Waals surface area contributed by atoms with Crippen LogP contribution in [-0.4, -0.2) is 25.5 Å². The SMILES string of the molecule is COc1cc(C(=O)Nc2c(C(C)C)cccc2C(C)C)ccc1OCC(N)=O. The molecule has 0 bridgehead atoms. The lowest BCUT2D eigenvalue weighted by Crippen LogP contribution is -2.20. The number of para-hydroxylation sites is 1. The number of nitrogens with two attached hydrogens (primary N) is 1. The van der Waals surface area contributed by atoms with Gasteiger partial charge in [-0.15, -0.1) is 0 Å². The van der Waals surface area contributed by atoms with Gasteiger partial charge < -0.3 is 20.5 Å². The van der Waals surface area contributed by atoms with Crippen molar-refractivity contribution in [3.05, 3.63) is 53.1 Å². The second-order valence-corrected chi connectivity index (χ2v) is 7.20. The molecule has 0 aliphatic carbocycles. The summed E-state index contributed by atoms with van der Waals surface area (Å²) >= 11 is 0. The standard InChI is InChI=1S/C22H28N2O4/c1-13(2)16-7-6-8-17(14(3)4)21(16)24-22(26)15-9-10-18(19(11-15)27-5)28-12-20(23)25/h6-11,13-14H,12H2,1-5H3,(H2,23,25)(H,24,26). The van der Waals surface area contributed by atoms with Crippen LogP contribution in [0.4, 0.5) is 5.69 Å². The molecule has 0 saturated carbocycles. The zero-order valence-electron chi connectivity index (χ0n) is 17.0. The number of nitrogens with one attached hydrogen (secondary N) is 1. The molecule has 28 heavy (non-hydrogen) atoms. The van der Waals surface area contributed by atoms with E-state index in [2.05, 4.69) is 33.0 Å². The zero-order chi connectivity index (χ0) is 20.8. The molecular weight excluding hydrogens is 356 g/mol. The lowest BCUT2D eigenvalue weighted by Gasteiger charge is -2.20. The van der Waals surface area contributed by atoms with E-state index < -0.39 is 5.91 Å². The average molecular weight is 384 g/mol. The quantitative estimate of drug-likeness (QED) is 0.718. The fourth-order valence-electron chi connectivity index (χ4n) is 2.96. The molecular formula is C22H28N2O4. The molecule has 2 aromatic carbocycles. The maximum absolute atomic E-state index is 12.9. The van der Waals surface area contributed by atoms with Crippen molar-refractivity contribution >= 4 is 17.5 Å². The molecule has 2 aromatic rings. The molecule has 6 heteroatoms. The van der Waals surface area contributed by atoms with E-state index >= 15 is 0 Å². The van der Waals surface area contributed by atoms with Gasteiger partial charge in [0.05, 0.1) is 7.11 Å². The number of benzene rings is 2. The second-order valence-electron chi connectivity index (χ2n) is 7.20. The Bertz CT molecular complexity index is 833. The third-order valence-electron chi connectivity index (χ3n) is 4.41. The van der Waals surface area contributed by atoms with E-state index in [0.29, 0.717) is 17.1 Å². The highest BCUT2D eigenvalue weighted by Gasteiger charge is 2.18. The molecule has 0 saturated heterocycles. The van der Waals surface area contributed by atoms with Crippen molar-refractivity contribution in [1.82, 2.24) is 0 Å². The maximum Gasteiger partial charge on any atom is 0.255 e. The van der Waals surface area contributed by atoms with Crippen LogP contribution >= 0.6 is 0 Å². The Balaban J connectivity index is 2.34. The normalized spacial score (nSPS) is 10.8. The number of amides is 2. The number of rotatable bonds is 8. The summed E-state index contributed by atoms with van der Waals surface area (Å²) in [5.41, 5.74) is 8.57. The predicted molar refractivity (Wildman–Crippen MR) is 110 cm³/mol. The molecule has 0 aliphatic rings. The molecule has 0 heterocycles. The van der Waals surface area contributed by atoms with Crippen LogP contribution in [-0.2, 0) is 4.79 Å². The summed E-state index contributed by atoms with van der Waals surface area (Å²) in [6.07, 6.45) is 0. The van der Waals surface area contributed by atoms with Crippen LogP contribution in [0.3, 0.4) is 0 Å². The van der Waals surface area contributed by atoms with Crippen LogP contribution < -0.4 is 20.5 Å². The summed E-state index contributed by atoms with van der Waals surface area (Å²) < 4.78 is 10.6. The van der Waals surface area contributed by atoms with Crippen LogP contribution in [0.2, 0.25) is 0 Å². The van der Waals surface area contributed by atoms with E-state index in [1.165, 1.54) is 7.11 Å². The number of hydrogen-bond donors (Lipinski definition) is 2. The van der Waals surface area contributed by atoms with Crippen molar-refractivity contribution in [2.45, 2.75) is 39.5 Å². The molecule has 2 rings (SSSR count). The van der Waals surface area contributed by atoms with Gasteiger partial charge in [0.25, 0.3) is 11.8 Å². The molecule has 0 aliphatic heterocycles. The molecule has 0 fully saturated rings. The first-order chi connectivity index (χ1) is 13.2. The number of primary amides is 1. The summed E-state index contributed by atoms with van der Waals surface area (Å²) in [5, 5.41) is 3.07. The lowest BCUT2D eigenvalue weighted by atomic mass is 9.92. The Kier molecular flexibility index (Phi) is 7.04. The van der Waals surface area contributed by atoms with Gasteiger partial charge in [0, 0.05) is 11.3 Å². The fourth-order valence-corrected chi connectivity index (χ4v) is 2.96. The van der Waals surface area contributed by atoms with Gasteiger partial charge in [-0.1, -0.05) is 45.9 Å². The Morgan fingerprint density at radius 1 is 1.00 bits per heavy atom. The number of hydrogen-bond acceptors (Lipinski definition) is 4. The van der Waals surface area contributed by atoms with E-state index in [1.54, 1.807) is 18.2 Å². The largest absolute Gasteiger partial charge is 0.493 e. The van der Waals surface area contributed by atoms with Crippen LogP contribution in [0.1, 0.15) is 61.0 Å². The first-order valence-electron chi connectivity index (χ1n) is 9.27.